The van der Waals surface area contributed by atoms with Gasteiger partial charge in [-0.05, 0) is 19.1 Å². The van der Waals surface area contributed by atoms with Crippen LogP contribution >= 0.6 is 0 Å². The molecule has 3 rings (SSSR count). The van der Waals surface area contributed by atoms with Gasteiger partial charge in [0.15, 0.2) is 0 Å². The summed E-state index contributed by atoms with van der Waals surface area (Å²) in [6, 6.07) is 3.86. The minimum absolute atomic E-state index is 0.546. The summed E-state index contributed by atoms with van der Waals surface area (Å²) in [6.45, 7) is 2.54. The summed E-state index contributed by atoms with van der Waals surface area (Å²) < 4.78 is 10.9. The van der Waals surface area contributed by atoms with Crippen LogP contribution < -0.4 is 4.74 Å². The highest BCUT2D eigenvalue weighted by Crippen LogP contribution is 2.32. The fourth-order valence-corrected chi connectivity index (χ4v) is 1.77. The summed E-state index contributed by atoms with van der Waals surface area (Å²) >= 11 is 0. The van der Waals surface area contributed by atoms with Crippen molar-refractivity contribution in [2.24, 2.45) is 0 Å². The van der Waals surface area contributed by atoms with Gasteiger partial charge >= 0.3 is 0 Å². The van der Waals surface area contributed by atoms with Crippen molar-refractivity contribution in [2.75, 3.05) is 6.61 Å². The number of oxazole rings is 1. The van der Waals surface area contributed by atoms with Crippen LogP contribution in [-0.4, -0.2) is 21.8 Å². The number of hydrogen-bond acceptors (Lipinski definition) is 4. The van der Waals surface area contributed by atoms with Gasteiger partial charge in [0, 0.05) is 5.39 Å². The molecule has 5 heteroatoms. The van der Waals surface area contributed by atoms with Gasteiger partial charge in [0.1, 0.15) is 12.0 Å². The van der Waals surface area contributed by atoms with Crippen molar-refractivity contribution in [3.05, 3.63) is 30.8 Å². The molecule has 0 aliphatic carbocycles. The monoisotopic (exact) mass is 229 g/mol. The Bertz CT molecular complexity index is 628. The molecule has 0 saturated carbocycles. The maximum Gasteiger partial charge on any atom is 0.229 e. The van der Waals surface area contributed by atoms with E-state index in [1.165, 1.54) is 0 Å². The number of aromatic amines is 1. The van der Waals surface area contributed by atoms with Gasteiger partial charge in [0.2, 0.25) is 5.89 Å². The molecule has 0 spiro atoms. The first-order chi connectivity index (χ1) is 8.38. The van der Waals surface area contributed by atoms with Gasteiger partial charge in [-0.3, -0.25) is 5.10 Å². The lowest BCUT2D eigenvalue weighted by molar-refractivity contribution is 0.341. The zero-order valence-electron chi connectivity index (χ0n) is 9.30. The maximum atomic E-state index is 5.60. The Morgan fingerprint density at radius 3 is 3.12 bits per heavy atom. The number of fused-ring (bicyclic) bond motifs is 1. The summed E-state index contributed by atoms with van der Waals surface area (Å²) in [5.41, 5.74) is 1.76. The smallest absolute Gasteiger partial charge is 0.229 e. The SMILES string of the molecule is CCOc1cc2cn[nH]c2cc1-c1ncco1. The number of ether oxygens (including phenoxy) is 1. The number of aromatic nitrogens is 3. The van der Waals surface area contributed by atoms with Crippen LogP contribution in [0.1, 0.15) is 6.92 Å². The summed E-state index contributed by atoms with van der Waals surface area (Å²) in [6.07, 6.45) is 4.92. The molecular weight excluding hydrogens is 218 g/mol. The van der Waals surface area contributed by atoms with Crippen LogP contribution in [0.4, 0.5) is 0 Å². The predicted molar refractivity (Wildman–Crippen MR) is 62.8 cm³/mol. The molecule has 1 aromatic carbocycles. The number of H-pyrrole nitrogens is 1. The first-order valence-electron chi connectivity index (χ1n) is 5.38. The van der Waals surface area contributed by atoms with Gasteiger partial charge in [0.25, 0.3) is 0 Å². The van der Waals surface area contributed by atoms with Crippen LogP contribution in [0.15, 0.2) is 35.2 Å². The van der Waals surface area contributed by atoms with Gasteiger partial charge in [-0.25, -0.2) is 4.98 Å². The van der Waals surface area contributed by atoms with Gasteiger partial charge in [-0.1, -0.05) is 0 Å². The highest BCUT2D eigenvalue weighted by atomic mass is 16.5. The molecule has 2 aromatic heterocycles. The van der Waals surface area contributed by atoms with E-state index in [1.807, 2.05) is 19.1 Å². The van der Waals surface area contributed by atoms with E-state index in [2.05, 4.69) is 15.2 Å². The molecule has 1 N–H and O–H groups in total. The van der Waals surface area contributed by atoms with Crippen LogP contribution in [0.3, 0.4) is 0 Å². The van der Waals surface area contributed by atoms with Crippen molar-refractivity contribution < 1.29 is 9.15 Å². The predicted octanol–water partition coefficient (Wildman–Crippen LogP) is 2.62. The van der Waals surface area contributed by atoms with E-state index in [0.29, 0.717) is 12.5 Å². The fourth-order valence-electron chi connectivity index (χ4n) is 1.77. The Labute approximate surface area is 97.4 Å². The van der Waals surface area contributed by atoms with Gasteiger partial charge < -0.3 is 9.15 Å². The molecule has 0 saturated heterocycles. The molecule has 5 nitrogen and oxygen atoms in total. The number of nitrogens with one attached hydrogen (secondary N) is 1. The van der Waals surface area contributed by atoms with Crippen molar-refractivity contribution in [1.29, 1.82) is 0 Å². The van der Waals surface area contributed by atoms with Crippen molar-refractivity contribution >= 4 is 10.9 Å². The molecule has 17 heavy (non-hydrogen) atoms. The molecular formula is C12H11N3O2. The zero-order valence-corrected chi connectivity index (χ0v) is 9.30. The van der Waals surface area contributed by atoms with Crippen molar-refractivity contribution in [3.8, 4) is 17.2 Å². The average Bonchev–Trinajstić information content (AvgIpc) is 2.98. The first kappa shape index (κ1) is 9.89. The van der Waals surface area contributed by atoms with Crippen LogP contribution in [-0.2, 0) is 0 Å². The number of rotatable bonds is 3. The summed E-state index contributed by atoms with van der Waals surface area (Å²) in [4.78, 5) is 4.14. The van der Waals surface area contributed by atoms with Crippen LogP contribution in [0.25, 0.3) is 22.4 Å². The van der Waals surface area contributed by atoms with Crippen LogP contribution in [0.5, 0.6) is 5.75 Å². The minimum Gasteiger partial charge on any atom is -0.493 e. The van der Waals surface area contributed by atoms with Gasteiger partial charge in [0.05, 0.1) is 30.1 Å². The molecule has 0 aliphatic heterocycles. The molecule has 0 unspecified atom stereocenters. The molecule has 0 atom stereocenters. The number of nitrogens with zero attached hydrogens (tertiary/aromatic N) is 2. The zero-order chi connectivity index (χ0) is 11.7. The molecule has 0 radical (unpaired) electrons. The Balaban J connectivity index is 2.22. The second kappa shape index (κ2) is 3.93. The Morgan fingerprint density at radius 2 is 2.35 bits per heavy atom. The highest BCUT2D eigenvalue weighted by Gasteiger charge is 2.12. The quantitative estimate of drug-likeness (QED) is 0.749. The molecule has 0 fully saturated rings. The average molecular weight is 229 g/mol. The second-order valence-electron chi connectivity index (χ2n) is 3.58. The second-order valence-corrected chi connectivity index (χ2v) is 3.58. The standard InChI is InChI=1S/C12H11N3O2/c1-2-16-11-5-8-7-14-15-10(8)6-9(11)12-13-3-4-17-12/h3-7H,2H2,1H3,(H,14,15). The first-order valence-corrected chi connectivity index (χ1v) is 5.38. The van der Waals surface area contributed by atoms with E-state index < -0.39 is 0 Å². The van der Waals surface area contributed by atoms with Crippen molar-refractivity contribution in [1.82, 2.24) is 15.2 Å². The number of hydrogen-bond donors (Lipinski definition) is 1. The molecule has 0 amide bonds. The third-order valence-electron chi connectivity index (χ3n) is 2.50. The third kappa shape index (κ3) is 1.65. The molecule has 0 aliphatic rings. The Kier molecular flexibility index (Phi) is 2.29. The van der Waals surface area contributed by atoms with Crippen molar-refractivity contribution in [3.63, 3.8) is 0 Å². The van der Waals surface area contributed by atoms with Crippen molar-refractivity contribution in [2.45, 2.75) is 6.92 Å². The summed E-state index contributed by atoms with van der Waals surface area (Å²) in [7, 11) is 0. The molecule has 2 heterocycles. The molecule has 3 aromatic rings. The molecule has 86 valence electrons. The van der Waals surface area contributed by atoms with Crippen LogP contribution in [0, 0.1) is 0 Å². The van der Waals surface area contributed by atoms with E-state index in [1.54, 1.807) is 18.7 Å². The fraction of sp³-hybridized carbons (Fsp3) is 0.167. The van der Waals surface area contributed by atoms with E-state index in [9.17, 15) is 0 Å². The van der Waals surface area contributed by atoms with E-state index >= 15 is 0 Å². The van der Waals surface area contributed by atoms with E-state index in [-0.39, 0.29) is 0 Å². The van der Waals surface area contributed by atoms with Crippen LogP contribution in [0.2, 0.25) is 0 Å². The minimum atomic E-state index is 0.546. The Hall–Kier alpha value is -2.30. The lowest BCUT2D eigenvalue weighted by Crippen LogP contribution is -1.94. The number of benzene rings is 1. The van der Waals surface area contributed by atoms with Gasteiger partial charge in [-0.2, -0.15) is 5.10 Å². The topological polar surface area (TPSA) is 63.9 Å². The lowest BCUT2D eigenvalue weighted by atomic mass is 10.1. The summed E-state index contributed by atoms with van der Waals surface area (Å²) in [5.74, 6) is 1.30. The third-order valence-corrected chi connectivity index (χ3v) is 2.50. The largest absolute Gasteiger partial charge is 0.493 e. The highest BCUT2D eigenvalue weighted by molar-refractivity contribution is 5.86. The molecule has 0 bridgehead atoms. The maximum absolute atomic E-state index is 5.60. The normalized spacial score (nSPS) is 10.9. The van der Waals surface area contributed by atoms with E-state index in [0.717, 1.165) is 22.2 Å². The summed E-state index contributed by atoms with van der Waals surface area (Å²) in [5, 5.41) is 7.91. The lowest BCUT2D eigenvalue weighted by Gasteiger charge is -2.07. The van der Waals surface area contributed by atoms with Gasteiger partial charge in [-0.15, -0.1) is 0 Å². The van der Waals surface area contributed by atoms with E-state index in [4.69, 9.17) is 9.15 Å². The Morgan fingerprint density at radius 1 is 1.41 bits per heavy atom.